The Morgan fingerprint density at radius 3 is 2.71 bits per heavy atom. The molecule has 2 aliphatic heterocycles. The van der Waals surface area contributed by atoms with E-state index in [1.54, 1.807) is 18.4 Å². The van der Waals surface area contributed by atoms with Gasteiger partial charge in [-0.25, -0.2) is 0 Å². The predicted molar refractivity (Wildman–Crippen MR) is 110 cm³/mol. The number of hydrogen-bond acceptors (Lipinski definition) is 4. The van der Waals surface area contributed by atoms with Crippen LogP contribution in [0.3, 0.4) is 0 Å². The second kappa shape index (κ2) is 8.05. The number of rotatable bonds is 5. The van der Waals surface area contributed by atoms with E-state index < -0.39 is 5.41 Å². The molecule has 0 saturated carbocycles. The molecule has 6 heteroatoms. The second-order valence-electron chi connectivity index (χ2n) is 7.76. The lowest BCUT2D eigenvalue weighted by Gasteiger charge is -2.28. The number of nitrogens with zero attached hydrogens (tertiary/aromatic N) is 1. The largest absolute Gasteiger partial charge is 0.368 e. The molecule has 0 bridgehead atoms. The van der Waals surface area contributed by atoms with Crippen molar-refractivity contribution < 1.29 is 14.3 Å². The minimum absolute atomic E-state index is 0.0112. The lowest BCUT2D eigenvalue weighted by molar-refractivity contribution is -0.140. The Bertz CT molecular complexity index is 828. The van der Waals surface area contributed by atoms with Gasteiger partial charge in [0.05, 0.1) is 5.41 Å². The van der Waals surface area contributed by atoms with Crippen LogP contribution in [-0.2, 0) is 20.7 Å². The van der Waals surface area contributed by atoms with Gasteiger partial charge in [-0.2, -0.15) is 11.3 Å². The zero-order chi connectivity index (χ0) is 19.6. The van der Waals surface area contributed by atoms with E-state index in [0.29, 0.717) is 32.5 Å². The summed E-state index contributed by atoms with van der Waals surface area (Å²) in [6.45, 7) is 1.72. The molecule has 2 saturated heterocycles. The summed E-state index contributed by atoms with van der Waals surface area (Å²) in [4.78, 5) is 27.4. The molecule has 5 nitrogen and oxygen atoms in total. The fraction of sp³-hybridized carbons (Fsp3) is 0.455. The first-order valence-corrected chi connectivity index (χ1v) is 10.8. The maximum atomic E-state index is 12.8. The van der Waals surface area contributed by atoms with Crippen molar-refractivity contribution in [2.75, 3.05) is 26.7 Å². The molecule has 2 amide bonds. The van der Waals surface area contributed by atoms with Crippen LogP contribution in [0.5, 0.6) is 0 Å². The Morgan fingerprint density at radius 2 is 2.07 bits per heavy atom. The maximum Gasteiger partial charge on any atom is 0.251 e. The Morgan fingerprint density at radius 1 is 1.25 bits per heavy atom. The molecule has 2 aromatic rings. The van der Waals surface area contributed by atoms with Crippen molar-refractivity contribution in [1.82, 2.24) is 10.2 Å². The van der Waals surface area contributed by atoms with Crippen molar-refractivity contribution in [3.05, 3.63) is 46.7 Å². The molecule has 28 heavy (non-hydrogen) atoms. The number of thiophene rings is 1. The van der Waals surface area contributed by atoms with Gasteiger partial charge in [-0.05, 0) is 59.2 Å². The van der Waals surface area contributed by atoms with Crippen LogP contribution in [0.2, 0.25) is 0 Å². The first-order chi connectivity index (χ1) is 13.6. The summed E-state index contributed by atoms with van der Waals surface area (Å²) in [7, 11) is 1.67. The van der Waals surface area contributed by atoms with E-state index in [2.05, 4.69) is 46.4 Å². The zero-order valence-electron chi connectivity index (χ0n) is 16.1. The fourth-order valence-electron chi connectivity index (χ4n) is 4.35. The molecule has 0 radical (unpaired) electrons. The van der Waals surface area contributed by atoms with Gasteiger partial charge in [-0.3, -0.25) is 9.59 Å². The third kappa shape index (κ3) is 3.71. The monoisotopic (exact) mass is 398 g/mol. The number of ether oxygens (including phenoxy) is 1. The average molecular weight is 399 g/mol. The quantitative estimate of drug-likeness (QED) is 0.842. The van der Waals surface area contributed by atoms with Crippen LogP contribution in [0, 0.1) is 5.41 Å². The van der Waals surface area contributed by atoms with Gasteiger partial charge in [0.25, 0.3) is 5.91 Å². The molecule has 0 spiro atoms. The summed E-state index contributed by atoms with van der Waals surface area (Å²) >= 11 is 1.68. The number of carbonyl (C=O) groups is 2. The van der Waals surface area contributed by atoms with E-state index in [1.165, 1.54) is 11.1 Å². The van der Waals surface area contributed by atoms with Gasteiger partial charge in [-0.15, -0.1) is 0 Å². The number of amides is 2. The van der Waals surface area contributed by atoms with Crippen molar-refractivity contribution in [1.29, 1.82) is 0 Å². The van der Waals surface area contributed by atoms with Crippen molar-refractivity contribution in [3.8, 4) is 11.1 Å². The highest BCUT2D eigenvalue weighted by Gasteiger charge is 2.46. The van der Waals surface area contributed by atoms with Crippen LogP contribution in [-0.4, -0.2) is 49.6 Å². The Hall–Kier alpha value is -2.18. The minimum atomic E-state index is -0.576. The van der Waals surface area contributed by atoms with Gasteiger partial charge < -0.3 is 15.0 Å². The van der Waals surface area contributed by atoms with Gasteiger partial charge in [0.15, 0.2) is 0 Å². The van der Waals surface area contributed by atoms with Gasteiger partial charge in [0, 0.05) is 26.7 Å². The molecule has 1 aromatic heterocycles. The summed E-state index contributed by atoms with van der Waals surface area (Å²) in [6, 6.07) is 10.5. The fourth-order valence-corrected chi connectivity index (χ4v) is 5.01. The molecule has 3 heterocycles. The van der Waals surface area contributed by atoms with Gasteiger partial charge >= 0.3 is 0 Å². The molecule has 1 N–H and O–H groups in total. The van der Waals surface area contributed by atoms with Crippen molar-refractivity contribution >= 4 is 23.2 Å². The van der Waals surface area contributed by atoms with Crippen LogP contribution < -0.4 is 5.32 Å². The normalized spacial score (nSPS) is 24.5. The maximum absolute atomic E-state index is 12.8. The smallest absolute Gasteiger partial charge is 0.251 e. The van der Waals surface area contributed by atoms with Crippen LogP contribution in [0.15, 0.2) is 41.1 Å². The molecule has 1 aromatic carbocycles. The van der Waals surface area contributed by atoms with Crippen LogP contribution in [0.25, 0.3) is 11.1 Å². The highest BCUT2D eigenvalue weighted by atomic mass is 32.1. The van der Waals surface area contributed by atoms with E-state index in [9.17, 15) is 9.59 Å². The number of benzene rings is 1. The molecular weight excluding hydrogens is 372 g/mol. The molecule has 2 fully saturated rings. The van der Waals surface area contributed by atoms with Crippen molar-refractivity contribution in [2.45, 2.75) is 31.8 Å². The SMILES string of the molecule is CNC(=O)C1(Cc2ccc(-c3ccsc3)cc2)CCN(C(=O)C2CCCO2)C1. The first kappa shape index (κ1) is 19.2. The average Bonchev–Trinajstić information content (AvgIpc) is 3.49. The minimum Gasteiger partial charge on any atom is -0.368 e. The lowest BCUT2D eigenvalue weighted by Crippen LogP contribution is -2.45. The predicted octanol–water partition coefficient (Wildman–Crippen LogP) is 3.10. The number of hydrogen-bond donors (Lipinski definition) is 1. The molecule has 2 unspecified atom stereocenters. The number of likely N-dealkylation sites (tertiary alicyclic amines) is 1. The molecule has 4 rings (SSSR count). The van der Waals surface area contributed by atoms with Gasteiger partial charge in [0.1, 0.15) is 6.10 Å². The molecule has 2 atom stereocenters. The summed E-state index contributed by atoms with van der Waals surface area (Å²) in [6.07, 6.45) is 2.70. The summed E-state index contributed by atoms with van der Waals surface area (Å²) in [5.41, 5.74) is 2.94. The number of carbonyl (C=O) groups excluding carboxylic acids is 2. The van der Waals surface area contributed by atoms with E-state index in [0.717, 1.165) is 18.4 Å². The third-order valence-electron chi connectivity index (χ3n) is 5.93. The highest BCUT2D eigenvalue weighted by molar-refractivity contribution is 7.08. The summed E-state index contributed by atoms with van der Waals surface area (Å²) in [5, 5.41) is 7.03. The van der Waals surface area contributed by atoms with Crippen LogP contribution in [0.1, 0.15) is 24.8 Å². The van der Waals surface area contributed by atoms with Gasteiger partial charge in [-0.1, -0.05) is 24.3 Å². The lowest BCUT2D eigenvalue weighted by atomic mass is 9.79. The first-order valence-electron chi connectivity index (χ1n) is 9.85. The molecular formula is C22H26N2O3S. The van der Waals surface area contributed by atoms with Crippen LogP contribution >= 0.6 is 11.3 Å². The molecule has 0 aliphatic carbocycles. The standard InChI is InChI=1S/C22H26N2O3S/c1-23-21(26)22(9-10-24(15-22)20(25)19-3-2-11-27-19)13-16-4-6-17(7-5-16)18-8-12-28-14-18/h4-8,12,14,19H,2-3,9-11,13,15H2,1H3,(H,23,26). The Balaban J connectivity index is 1.50. The van der Waals surface area contributed by atoms with E-state index in [1.807, 2.05) is 4.90 Å². The Kier molecular flexibility index (Phi) is 5.51. The van der Waals surface area contributed by atoms with Crippen molar-refractivity contribution in [2.24, 2.45) is 5.41 Å². The zero-order valence-corrected chi connectivity index (χ0v) is 17.0. The van der Waals surface area contributed by atoms with Crippen molar-refractivity contribution in [3.63, 3.8) is 0 Å². The van der Waals surface area contributed by atoms with Crippen LogP contribution in [0.4, 0.5) is 0 Å². The summed E-state index contributed by atoms with van der Waals surface area (Å²) < 4.78 is 5.56. The highest BCUT2D eigenvalue weighted by Crippen LogP contribution is 2.36. The number of nitrogens with one attached hydrogen (secondary N) is 1. The second-order valence-corrected chi connectivity index (χ2v) is 8.54. The van der Waals surface area contributed by atoms with Gasteiger partial charge in [0.2, 0.25) is 5.91 Å². The molecule has 148 valence electrons. The molecule has 2 aliphatic rings. The topological polar surface area (TPSA) is 58.6 Å². The van der Waals surface area contributed by atoms with E-state index in [-0.39, 0.29) is 17.9 Å². The Labute approximate surface area is 169 Å². The third-order valence-corrected chi connectivity index (χ3v) is 6.61. The van der Waals surface area contributed by atoms with E-state index >= 15 is 0 Å². The summed E-state index contributed by atoms with van der Waals surface area (Å²) in [5.74, 6) is 0.0492. The van der Waals surface area contributed by atoms with E-state index in [4.69, 9.17) is 4.74 Å².